The summed E-state index contributed by atoms with van der Waals surface area (Å²) in [5.41, 5.74) is 1.08. The van der Waals surface area contributed by atoms with E-state index in [1.54, 1.807) is 11.6 Å². The van der Waals surface area contributed by atoms with Gasteiger partial charge in [0.2, 0.25) is 0 Å². The van der Waals surface area contributed by atoms with Gasteiger partial charge in [0.1, 0.15) is 6.10 Å². The van der Waals surface area contributed by atoms with E-state index in [9.17, 15) is 9.59 Å². The highest BCUT2D eigenvalue weighted by atomic mass is 35.5. The molecule has 1 fully saturated rings. The maximum Gasteiger partial charge on any atom is 0.332 e. The Morgan fingerprint density at radius 3 is 2.50 bits per heavy atom. The molecular weight excluding hydrogens is 404 g/mol. The van der Waals surface area contributed by atoms with E-state index >= 15 is 0 Å². The van der Waals surface area contributed by atoms with Crippen molar-refractivity contribution in [3.8, 4) is 6.01 Å². The fourth-order valence-corrected chi connectivity index (χ4v) is 4.16. The van der Waals surface area contributed by atoms with Crippen LogP contribution in [0.3, 0.4) is 0 Å². The lowest BCUT2D eigenvalue weighted by molar-refractivity contribution is 0.186. The van der Waals surface area contributed by atoms with Crippen molar-refractivity contribution in [1.29, 1.82) is 0 Å². The van der Waals surface area contributed by atoms with E-state index in [1.165, 1.54) is 9.13 Å². The van der Waals surface area contributed by atoms with Gasteiger partial charge in [-0.05, 0) is 49.8 Å². The second-order valence-electron chi connectivity index (χ2n) is 7.96. The van der Waals surface area contributed by atoms with Gasteiger partial charge < -0.3 is 4.74 Å². The maximum atomic E-state index is 13.3. The molecule has 1 aliphatic rings. The molecule has 8 heteroatoms. The molecule has 0 radical (unpaired) electrons. The van der Waals surface area contributed by atoms with Crippen molar-refractivity contribution in [1.82, 2.24) is 18.7 Å². The van der Waals surface area contributed by atoms with Crippen LogP contribution in [0.15, 0.2) is 33.9 Å². The highest BCUT2D eigenvalue weighted by Crippen LogP contribution is 2.26. The number of benzene rings is 1. The molecule has 0 saturated heterocycles. The van der Waals surface area contributed by atoms with Crippen molar-refractivity contribution in [3.63, 3.8) is 0 Å². The minimum absolute atomic E-state index is 0.0881. The van der Waals surface area contributed by atoms with E-state index in [-0.39, 0.29) is 17.4 Å². The zero-order chi connectivity index (χ0) is 21.3. The summed E-state index contributed by atoms with van der Waals surface area (Å²) in [6, 6.07) is 7.88. The molecule has 30 heavy (non-hydrogen) atoms. The number of aryl methyl sites for hydroxylation is 1. The maximum absolute atomic E-state index is 13.3. The molecule has 1 aromatic carbocycles. The van der Waals surface area contributed by atoms with Crippen LogP contribution in [0.4, 0.5) is 0 Å². The number of imidazole rings is 1. The van der Waals surface area contributed by atoms with Crippen LogP contribution in [0.1, 0.15) is 51.0 Å². The number of rotatable bonds is 7. The summed E-state index contributed by atoms with van der Waals surface area (Å²) in [5.74, 6) is 0. The van der Waals surface area contributed by atoms with E-state index in [4.69, 9.17) is 16.3 Å². The SMILES string of the molecule is CCCCn1c(=O)c2c(nc(OC3CCCC3)n2Cc2ccc(Cl)cc2)n(C)c1=O. The molecule has 0 aliphatic heterocycles. The molecule has 4 rings (SSSR count). The molecule has 2 heterocycles. The van der Waals surface area contributed by atoms with Crippen molar-refractivity contribution in [2.75, 3.05) is 0 Å². The van der Waals surface area contributed by atoms with Crippen molar-refractivity contribution in [2.24, 2.45) is 7.05 Å². The Morgan fingerprint density at radius 2 is 1.83 bits per heavy atom. The third-order valence-electron chi connectivity index (χ3n) is 5.76. The van der Waals surface area contributed by atoms with Gasteiger partial charge in [-0.1, -0.05) is 37.1 Å². The fourth-order valence-electron chi connectivity index (χ4n) is 4.03. The van der Waals surface area contributed by atoms with E-state index < -0.39 is 0 Å². The highest BCUT2D eigenvalue weighted by Gasteiger charge is 2.24. The highest BCUT2D eigenvalue weighted by molar-refractivity contribution is 6.30. The monoisotopic (exact) mass is 430 g/mol. The Morgan fingerprint density at radius 1 is 1.13 bits per heavy atom. The first-order chi connectivity index (χ1) is 14.5. The first-order valence-corrected chi connectivity index (χ1v) is 11.0. The molecule has 3 aromatic rings. The van der Waals surface area contributed by atoms with Gasteiger partial charge in [0.05, 0.1) is 6.54 Å². The number of aromatic nitrogens is 4. The number of nitrogens with zero attached hydrogens (tertiary/aromatic N) is 4. The summed E-state index contributed by atoms with van der Waals surface area (Å²) in [5, 5.41) is 0.654. The molecule has 1 aliphatic carbocycles. The molecule has 0 unspecified atom stereocenters. The third-order valence-corrected chi connectivity index (χ3v) is 6.01. The van der Waals surface area contributed by atoms with Gasteiger partial charge in [0.25, 0.3) is 11.6 Å². The number of hydrogen-bond donors (Lipinski definition) is 0. The van der Waals surface area contributed by atoms with Crippen LogP contribution in [0.2, 0.25) is 5.02 Å². The quantitative estimate of drug-likeness (QED) is 0.572. The van der Waals surface area contributed by atoms with Crippen molar-refractivity contribution >= 4 is 22.8 Å². The van der Waals surface area contributed by atoms with Crippen LogP contribution in [0.25, 0.3) is 11.2 Å². The molecule has 0 N–H and O–H groups in total. The third kappa shape index (κ3) is 3.90. The lowest BCUT2D eigenvalue weighted by Crippen LogP contribution is -2.39. The van der Waals surface area contributed by atoms with Crippen LogP contribution < -0.4 is 16.0 Å². The Balaban J connectivity index is 1.88. The average molecular weight is 431 g/mol. The smallest absolute Gasteiger partial charge is 0.332 e. The van der Waals surface area contributed by atoms with Gasteiger partial charge >= 0.3 is 5.69 Å². The summed E-state index contributed by atoms with van der Waals surface area (Å²) >= 11 is 6.03. The zero-order valence-corrected chi connectivity index (χ0v) is 18.2. The van der Waals surface area contributed by atoms with Gasteiger partial charge in [-0.3, -0.25) is 18.5 Å². The Labute approximate surface area is 179 Å². The van der Waals surface area contributed by atoms with Crippen LogP contribution in [0.5, 0.6) is 6.01 Å². The standard InChI is InChI=1S/C22H27ClN4O3/c1-3-4-13-26-20(28)18-19(25(2)22(26)29)24-21(30-17-7-5-6-8-17)27(18)14-15-9-11-16(23)12-10-15/h9-12,17H,3-8,13-14H2,1-2H3. The second kappa shape index (κ2) is 8.68. The summed E-state index contributed by atoms with van der Waals surface area (Å²) in [7, 11) is 1.66. The van der Waals surface area contributed by atoms with Crippen molar-refractivity contribution in [2.45, 2.75) is 64.6 Å². The van der Waals surface area contributed by atoms with Crippen molar-refractivity contribution in [3.05, 3.63) is 55.7 Å². The number of halogens is 1. The molecular formula is C22H27ClN4O3. The normalized spacial score (nSPS) is 14.6. The van der Waals surface area contributed by atoms with Crippen LogP contribution in [-0.2, 0) is 20.1 Å². The van der Waals surface area contributed by atoms with Gasteiger partial charge in [0.15, 0.2) is 11.2 Å². The van der Waals surface area contributed by atoms with E-state index in [2.05, 4.69) is 4.98 Å². The largest absolute Gasteiger partial charge is 0.461 e. The minimum atomic E-state index is -0.343. The summed E-state index contributed by atoms with van der Waals surface area (Å²) in [6.45, 7) is 2.84. The van der Waals surface area contributed by atoms with Crippen LogP contribution in [-0.4, -0.2) is 24.8 Å². The molecule has 0 spiro atoms. The predicted octanol–water partition coefficient (Wildman–Crippen LogP) is 3.72. The fraction of sp³-hybridized carbons (Fsp3) is 0.500. The van der Waals surface area contributed by atoms with Gasteiger partial charge in [-0.15, -0.1) is 0 Å². The number of ether oxygens (including phenoxy) is 1. The molecule has 1 saturated carbocycles. The number of unbranched alkanes of at least 4 members (excludes halogenated alkanes) is 1. The summed E-state index contributed by atoms with van der Waals surface area (Å²) in [6.07, 6.45) is 5.96. The van der Waals surface area contributed by atoms with Crippen molar-refractivity contribution < 1.29 is 4.74 Å². The topological polar surface area (TPSA) is 71.1 Å². The molecule has 0 amide bonds. The molecule has 160 valence electrons. The van der Waals surface area contributed by atoms with Crippen LogP contribution in [0, 0.1) is 0 Å². The second-order valence-corrected chi connectivity index (χ2v) is 8.39. The molecule has 2 aromatic heterocycles. The molecule has 0 bridgehead atoms. The van der Waals surface area contributed by atoms with E-state index in [0.29, 0.717) is 35.3 Å². The van der Waals surface area contributed by atoms with Crippen LogP contribution >= 0.6 is 11.6 Å². The number of fused-ring (bicyclic) bond motifs is 1. The molecule has 0 atom stereocenters. The van der Waals surface area contributed by atoms with Gasteiger partial charge in [0, 0.05) is 18.6 Å². The first-order valence-electron chi connectivity index (χ1n) is 10.6. The van der Waals surface area contributed by atoms with E-state index in [1.807, 2.05) is 31.2 Å². The van der Waals surface area contributed by atoms with Gasteiger partial charge in [-0.2, -0.15) is 4.98 Å². The minimum Gasteiger partial charge on any atom is -0.461 e. The Bertz CT molecular complexity index is 1150. The number of hydrogen-bond acceptors (Lipinski definition) is 4. The zero-order valence-electron chi connectivity index (χ0n) is 17.4. The first kappa shape index (κ1) is 20.7. The average Bonchev–Trinajstić information content (AvgIpc) is 3.37. The lowest BCUT2D eigenvalue weighted by atomic mass is 10.2. The predicted molar refractivity (Wildman–Crippen MR) is 118 cm³/mol. The molecule has 7 nitrogen and oxygen atoms in total. The Kier molecular flexibility index (Phi) is 5.99. The van der Waals surface area contributed by atoms with E-state index in [0.717, 1.165) is 44.1 Å². The summed E-state index contributed by atoms with van der Waals surface area (Å²) in [4.78, 5) is 30.7. The summed E-state index contributed by atoms with van der Waals surface area (Å²) < 4.78 is 10.8. The Hall–Kier alpha value is -2.54. The lowest BCUT2D eigenvalue weighted by Gasteiger charge is -2.14. The van der Waals surface area contributed by atoms with Gasteiger partial charge in [-0.25, -0.2) is 4.79 Å².